The van der Waals surface area contributed by atoms with Gasteiger partial charge in [-0.1, -0.05) is 0 Å². The SMILES string of the molecule is CN=C(NCCOc1ccc(F)c(F)c1)N1CCCC2(CNC(=O)C2)C1.I. The minimum absolute atomic E-state index is 0. The summed E-state index contributed by atoms with van der Waals surface area (Å²) >= 11 is 0. The van der Waals surface area contributed by atoms with Crippen LogP contribution in [0.1, 0.15) is 19.3 Å². The molecule has 150 valence electrons. The number of hydrogen-bond acceptors (Lipinski definition) is 3. The lowest BCUT2D eigenvalue weighted by Gasteiger charge is -2.40. The van der Waals surface area contributed by atoms with Crippen molar-refractivity contribution in [1.82, 2.24) is 15.5 Å². The predicted octanol–water partition coefficient (Wildman–Crippen LogP) is 2.14. The van der Waals surface area contributed by atoms with Gasteiger partial charge < -0.3 is 20.3 Å². The average Bonchev–Trinajstić information content (AvgIpc) is 2.98. The first kappa shape index (κ1) is 21.6. The van der Waals surface area contributed by atoms with Crippen LogP contribution < -0.4 is 15.4 Å². The predicted molar refractivity (Wildman–Crippen MR) is 109 cm³/mol. The Labute approximate surface area is 174 Å². The summed E-state index contributed by atoms with van der Waals surface area (Å²) in [4.78, 5) is 18.1. The minimum atomic E-state index is -0.926. The monoisotopic (exact) mass is 494 g/mol. The number of nitrogens with one attached hydrogen (secondary N) is 2. The molecule has 3 rings (SSSR count). The third kappa shape index (κ3) is 5.43. The second-order valence-corrected chi connectivity index (χ2v) is 6.88. The van der Waals surface area contributed by atoms with Gasteiger partial charge in [0, 0.05) is 44.6 Å². The molecule has 9 heteroatoms. The van der Waals surface area contributed by atoms with Crippen molar-refractivity contribution < 1.29 is 18.3 Å². The summed E-state index contributed by atoms with van der Waals surface area (Å²) < 4.78 is 31.5. The van der Waals surface area contributed by atoms with E-state index in [2.05, 4.69) is 20.5 Å². The highest BCUT2D eigenvalue weighted by Gasteiger charge is 2.42. The zero-order valence-electron chi connectivity index (χ0n) is 15.3. The first-order valence-corrected chi connectivity index (χ1v) is 8.81. The molecule has 2 heterocycles. The summed E-state index contributed by atoms with van der Waals surface area (Å²) in [5.41, 5.74) is -0.00487. The van der Waals surface area contributed by atoms with Crippen molar-refractivity contribution in [3.8, 4) is 5.75 Å². The number of benzene rings is 1. The number of guanidine groups is 1. The van der Waals surface area contributed by atoms with E-state index in [9.17, 15) is 13.6 Å². The van der Waals surface area contributed by atoms with Crippen molar-refractivity contribution in [3.63, 3.8) is 0 Å². The van der Waals surface area contributed by atoms with E-state index in [1.165, 1.54) is 6.07 Å². The smallest absolute Gasteiger partial charge is 0.220 e. The molecule has 1 atom stereocenters. The number of likely N-dealkylation sites (tertiary alicyclic amines) is 1. The molecule has 0 saturated carbocycles. The van der Waals surface area contributed by atoms with Crippen LogP contribution >= 0.6 is 24.0 Å². The maximum atomic E-state index is 13.2. The van der Waals surface area contributed by atoms with Gasteiger partial charge in [0.05, 0.1) is 6.54 Å². The van der Waals surface area contributed by atoms with Gasteiger partial charge in [0.15, 0.2) is 17.6 Å². The van der Waals surface area contributed by atoms with E-state index in [0.29, 0.717) is 19.6 Å². The summed E-state index contributed by atoms with van der Waals surface area (Å²) in [7, 11) is 1.72. The van der Waals surface area contributed by atoms with Gasteiger partial charge in [-0.25, -0.2) is 8.78 Å². The minimum Gasteiger partial charge on any atom is -0.492 e. The Hall–Kier alpha value is -1.65. The van der Waals surface area contributed by atoms with Crippen LogP contribution in [0.4, 0.5) is 8.78 Å². The second kappa shape index (κ2) is 9.52. The Morgan fingerprint density at radius 1 is 1.41 bits per heavy atom. The summed E-state index contributed by atoms with van der Waals surface area (Å²) in [5.74, 6) is -0.653. The normalized spacial score (nSPS) is 22.4. The van der Waals surface area contributed by atoms with Crippen molar-refractivity contribution >= 4 is 35.8 Å². The largest absolute Gasteiger partial charge is 0.492 e. The van der Waals surface area contributed by atoms with Crippen molar-refractivity contribution in [2.45, 2.75) is 19.3 Å². The number of piperidine rings is 1. The molecule has 1 spiro atoms. The van der Waals surface area contributed by atoms with Crippen LogP contribution in [0.3, 0.4) is 0 Å². The van der Waals surface area contributed by atoms with Gasteiger partial charge in [-0.2, -0.15) is 0 Å². The van der Waals surface area contributed by atoms with Crippen LogP contribution in [-0.4, -0.2) is 56.6 Å². The molecule has 1 amide bonds. The number of rotatable bonds is 4. The van der Waals surface area contributed by atoms with Gasteiger partial charge in [0.25, 0.3) is 0 Å². The van der Waals surface area contributed by atoms with Gasteiger partial charge in [0.2, 0.25) is 5.91 Å². The van der Waals surface area contributed by atoms with Gasteiger partial charge in [-0.15, -0.1) is 24.0 Å². The summed E-state index contributed by atoms with van der Waals surface area (Å²) in [6.45, 7) is 3.17. The molecule has 1 aromatic rings. The fourth-order valence-electron chi connectivity index (χ4n) is 3.66. The molecule has 2 fully saturated rings. The highest BCUT2D eigenvalue weighted by atomic mass is 127. The number of nitrogens with zero attached hydrogens (tertiary/aromatic N) is 2. The lowest BCUT2D eigenvalue weighted by molar-refractivity contribution is -0.119. The van der Waals surface area contributed by atoms with Crippen molar-refractivity contribution in [2.24, 2.45) is 10.4 Å². The van der Waals surface area contributed by atoms with E-state index in [1.54, 1.807) is 7.05 Å². The topological polar surface area (TPSA) is 66.0 Å². The van der Waals surface area contributed by atoms with E-state index < -0.39 is 11.6 Å². The van der Waals surface area contributed by atoms with Gasteiger partial charge in [0.1, 0.15) is 12.4 Å². The highest BCUT2D eigenvalue weighted by molar-refractivity contribution is 14.0. The van der Waals surface area contributed by atoms with E-state index in [4.69, 9.17) is 4.74 Å². The Balaban J connectivity index is 0.00000261. The summed E-state index contributed by atoms with van der Waals surface area (Å²) in [6.07, 6.45) is 2.62. The molecule has 1 unspecified atom stereocenters. The molecule has 2 N–H and O–H groups in total. The third-order valence-corrected chi connectivity index (χ3v) is 4.91. The molecule has 27 heavy (non-hydrogen) atoms. The van der Waals surface area contributed by atoms with Crippen LogP contribution in [0.15, 0.2) is 23.2 Å². The van der Waals surface area contributed by atoms with E-state index in [1.807, 2.05) is 0 Å². The van der Waals surface area contributed by atoms with E-state index in [-0.39, 0.29) is 41.0 Å². The number of amides is 1. The molecule has 0 bridgehead atoms. The van der Waals surface area contributed by atoms with Crippen molar-refractivity contribution in [1.29, 1.82) is 0 Å². The number of aliphatic imine (C=N–C) groups is 1. The molecular weight excluding hydrogens is 469 g/mol. The number of carbonyl (C=O) groups is 1. The lowest BCUT2D eigenvalue weighted by Crippen LogP contribution is -2.51. The molecule has 2 aliphatic heterocycles. The quantitative estimate of drug-likeness (QED) is 0.292. The zero-order valence-corrected chi connectivity index (χ0v) is 17.6. The van der Waals surface area contributed by atoms with Gasteiger partial charge in [-0.05, 0) is 25.0 Å². The van der Waals surface area contributed by atoms with Crippen LogP contribution in [0.2, 0.25) is 0 Å². The van der Waals surface area contributed by atoms with E-state index >= 15 is 0 Å². The van der Waals surface area contributed by atoms with Crippen LogP contribution in [-0.2, 0) is 4.79 Å². The fraction of sp³-hybridized carbons (Fsp3) is 0.556. The second-order valence-electron chi connectivity index (χ2n) is 6.88. The van der Waals surface area contributed by atoms with Crippen LogP contribution in [0.25, 0.3) is 0 Å². The zero-order chi connectivity index (χ0) is 18.6. The fourth-order valence-corrected chi connectivity index (χ4v) is 3.66. The molecule has 2 saturated heterocycles. The molecule has 2 aliphatic rings. The van der Waals surface area contributed by atoms with E-state index in [0.717, 1.165) is 50.6 Å². The number of hydrogen-bond donors (Lipinski definition) is 2. The molecule has 0 radical (unpaired) electrons. The number of carbonyl (C=O) groups excluding carboxylic acids is 1. The van der Waals surface area contributed by atoms with Crippen LogP contribution in [0.5, 0.6) is 5.75 Å². The average molecular weight is 494 g/mol. The Morgan fingerprint density at radius 2 is 2.22 bits per heavy atom. The first-order chi connectivity index (χ1) is 12.5. The Bertz CT molecular complexity index is 704. The molecular formula is C18H25F2IN4O2. The lowest BCUT2D eigenvalue weighted by atomic mass is 9.79. The van der Waals surface area contributed by atoms with Crippen LogP contribution in [0, 0.1) is 17.0 Å². The van der Waals surface area contributed by atoms with Crippen molar-refractivity contribution in [2.75, 3.05) is 39.8 Å². The Morgan fingerprint density at radius 3 is 2.89 bits per heavy atom. The van der Waals surface area contributed by atoms with Gasteiger partial charge >= 0.3 is 0 Å². The molecule has 1 aromatic carbocycles. The molecule has 0 aromatic heterocycles. The number of ether oxygens (including phenoxy) is 1. The standard InChI is InChI=1S/C18H24F2N4O2.HI/c1-21-17(22-6-8-26-13-3-4-14(19)15(20)9-13)24-7-2-5-18(12-24)10-16(25)23-11-18;/h3-4,9H,2,5-8,10-12H2,1H3,(H,21,22)(H,23,25);1H. The third-order valence-electron chi connectivity index (χ3n) is 4.91. The maximum Gasteiger partial charge on any atom is 0.220 e. The Kier molecular flexibility index (Phi) is 7.63. The summed E-state index contributed by atoms with van der Waals surface area (Å²) in [6, 6.07) is 3.47. The summed E-state index contributed by atoms with van der Waals surface area (Å²) in [5, 5.41) is 6.16. The van der Waals surface area contributed by atoms with Crippen molar-refractivity contribution in [3.05, 3.63) is 29.8 Å². The highest BCUT2D eigenvalue weighted by Crippen LogP contribution is 2.35. The van der Waals surface area contributed by atoms with Gasteiger partial charge in [-0.3, -0.25) is 9.79 Å². The first-order valence-electron chi connectivity index (χ1n) is 8.81. The molecule has 0 aliphatic carbocycles. The maximum absolute atomic E-state index is 13.2. The number of halogens is 3. The molecule has 6 nitrogen and oxygen atoms in total.